The lowest BCUT2D eigenvalue weighted by atomic mass is 9.93. The molecule has 0 spiro atoms. The van der Waals surface area contributed by atoms with Crippen LogP contribution in [0, 0.1) is 11.6 Å². The Balaban J connectivity index is 1.49. The number of benzene rings is 1. The number of rotatable bonds is 5. The van der Waals surface area contributed by atoms with Gasteiger partial charge in [-0.3, -0.25) is 9.88 Å². The molecule has 4 heterocycles. The van der Waals surface area contributed by atoms with Crippen LogP contribution in [0.15, 0.2) is 55.0 Å². The number of fused-ring (bicyclic) bond motifs is 1. The van der Waals surface area contributed by atoms with E-state index in [9.17, 15) is 18.7 Å². The van der Waals surface area contributed by atoms with Crippen molar-refractivity contribution >= 4 is 28.9 Å². The van der Waals surface area contributed by atoms with Crippen LogP contribution < -0.4 is 10.2 Å². The summed E-state index contributed by atoms with van der Waals surface area (Å²) in [5, 5.41) is 17.7. The van der Waals surface area contributed by atoms with Crippen LogP contribution in [0.25, 0.3) is 16.8 Å². The molecular formula is C28H31F2N7O2. The number of hydrogen-bond donors (Lipinski definition) is 2. The molecule has 1 amide bonds. The highest BCUT2D eigenvalue weighted by Crippen LogP contribution is 2.35. The van der Waals surface area contributed by atoms with Gasteiger partial charge in [0.1, 0.15) is 11.6 Å². The Labute approximate surface area is 225 Å². The van der Waals surface area contributed by atoms with Gasteiger partial charge in [-0.15, -0.1) is 0 Å². The maximum absolute atomic E-state index is 14.4. The van der Waals surface area contributed by atoms with E-state index in [-0.39, 0.29) is 23.3 Å². The van der Waals surface area contributed by atoms with Crippen LogP contribution in [-0.4, -0.2) is 59.8 Å². The van der Waals surface area contributed by atoms with Crippen LogP contribution >= 0.6 is 0 Å². The molecule has 1 aliphatic heterocycles. The molecule has 2 atom stereocenters. The fourth-order valence-electron chi connectivity index (χ4n) is 5.32. The Kier molecular flexibility index (Phi) is 6.83. The minimum absolute atomic E-state index is 0.133. The van der Waals surface area contributed by atoms with Gasteiger partial charge in [0.05, 0.1) is 46.6 Å². The summed E-state index contributed by atoms with van der Waals surface area (Å²) in [6.07, 6.45) is 5.62. The average molecular weight is 536 g/mol. The molecule has 1 aliphatic rings. The van der Waals surface area contributed by atoms with E-state index in [2.05, 4.69) is 32.2 Å². The van der Waals surface area contributed by atoms with Crippen molar-refractivity contribution in [2.24, 2.45) is 0 Å². The van der Waals surface area contributed by atoms with Crippen LogP contribution in [-0.2, 0) is 0 Å². The maximum Gasteiger partial charge on any atom is 0.408 e. The topological polar surface area (TPSA) is 98.9 Å². The highest BCUT2D eigenvalue weighted by molar-refractivity contribution is 5.74. The second-order valence-electron chi connectivity index (χ2n) is 10.8. The van der Waals surface area contributed by atoms with E-state index in [0.29, 0.717) is 23.7 Å². The normalized spacial score (nSPS) is 17.8. The summed E-state index contributed by atoms with van der Waals surface area (Å²) >= 11 is 0. The first-order chi connectivity index (χ1) is 18.5. The van der Waals surface area contributed by atoms with Gasteiger partial charge >= 0.3 is 6.09 Å². The lowest BCUT2D eigenvalue weighted by Crippen LogP contribution is -2.58. The number of halogens is 2. The molecule has 1 fully saturated rings. The molecule has 204 valence electrons. The second kappa shape index (κ2) is 10.1. The number of anilines is 3. The Bertz CT molecular complexity index is 1500. The Morgan fingerprint density at radius 1 is 1.10 bits per heavy atom. The summed E-state index contributed by atoms with van der Waals surface area (Å²) in [6, 6.07) is 8.79. The summed E-state index contributed by atoms with van der Waals surface area (Å²) in [6.45, 7) is 8.34. The largest absolute Gasteiger partial charge is 0.465 e. The Morgan fingerprint density at radius 2 is 1.85 bits per heavy atom. The standard InChI is InChI=1S/C28H31F2N7O2/c1-17-8-9-19(36(27(38)39)28(2,3)4)16-35(17)24-12-13-31-15-23(24)33-26-32-14-18-10-11-22(34-37(18)26)25-20(29)6-5-7-21(25)30/h5-7,10-15,17,19H,8-9,16H2,1-4H3,(H,32,33)(H,38,39). The van der Waals surface area contributed by atoms with E-state index < -0.39 is 23.3 Å². The number of carboxylic acid groups (broad SMARTS) is 1. The average Bonchev–Trinajstić information content (AvgIpc) is 3.26. The maximum atomic E-state index is 14.4. The minimum atomic E-state index is -0.938. The first-order valence-corrected chi connectivity index (χ1v) is 12.8. The molecular weight excluding hydrogens is 504 g/mol. The predicted octanol–water partition coefficient (Wildman–Crippen LogP) is 5.95. The SMILES string of the molecule is CC1CCC(N(C(=O)O)C(C)(C)C)CN1c1ccncc1Nc1ncc2ccc(-c3c(F)cccc3F)nn12. The van der Waals surface area contributed by atoms with Crippen LogP contribution in [0.3, 0.4) is 0 Å². The van der Waals surface area contributed by atoms with E-state index in [0.717, 1.165) is 18.5 Å². The first kappa shape index (κ1) is 26.3. The molecule has 11 heteroatoms. The summed E-state index contributed by atoms with van der Waals surface area (Å²) in [4.78, 5) is 24.6. The van der Waals surface area contributed by atoms with Crippen molar-refractivity contribution in [2.75, 3.05) is 16.8 Å². The van der Waals surface area contributed by atoms with Gasteiger partial charge in [-0.1, -0.05) is 6.07 Å². The number of pyridine rings is 1. The minimum Gasteiger partial charge on any atom is -0.465 e. The molecule has 0 bridgehead atoms. The Hall–Kier alpha value is -4.28. The fourth-order valence-corrected chi connectivity index (χ4v) is 5.32. The molecule has 0 aliphatic carbocycles. The molecule has 0 saturated carbocycles. The number of nitrogens with one attached hydrogen (secondary N) is 1. The van der Waals surface area contributed by atoms with E-state index in [1.165, 1.54) is 27.6 Å². The summed E-state index contributed by atoms with van der Waals surface area (Å²) in [7, 11) is 0. The number of piperidine rings is 1. The van der Waals surface area contributed by atoms with Gasteiger partial charge in [-0.25, -0.2) is 18.6 Å². The third-order valence-corrected chi connectivity index (χ3v) is 7.11. The number of amides is 1. The lowest BCUT2D eigenvalue weighted by Gasteiger charge is -2.47. The van der Waals surface area contributed by atoms with E-state index in [4.69, 9.17) is 0 Å². The van der Waals surface area contributed by atoms with Gasteiger partial charge in [-0.2, -0.15) is 9.61 Å². The van der Waals surface area contributed by atoms with Crippen LogP contribution in [0.2, 0.25) is 0 Å². The quantitative estimate of drug-likeness (QED) is 0.326. The van der Waals surface area contributed by atoms with Gasteiger partial charge in [0.15, 0.2) is 0 Å². The zero-order valence-electron chi connectivity index (χ0n) is 22.3. The third-order valence-electron chi connectivity index (χ3n) is 7.11. The highest BCUT2D eigenvalue weighted by Gasteiger charge is 2.38. The summed E-state index contributed by atoms with van der Waals surface area (Å²) in [5.41, 5.74) is 1.51. The smallest absolute Gasteiger partial charge is 0.408 e. The van der Waals surface area contributed by atoms with E-state index in [1.807, 2.05) is 26.8 Å². The molecule has 2 N–H and O–H groups in total. The van der Waals surface area contributed by atoms with Crippen molar-refractivity contribution in [1.29, 1.82) is 0 Å². The third kappa shape index (κ3) is 5.08. The molecule has 1 aromatic carbocycles. The van der Waals surface area contributed by atoms with Crippen LogP contribution in [0.1, 0.15) is 40.5 Å². The molecule has 0 radical (unpaired) electrons. The van der Waals surface area contributed by atoms with Gasteiger partial charge in [-0.05, 0) is 70.9 Å². The van der Waals surface area contributed by atoms with Crippen molar-refractivity contribution in [3.63, 3.8) is 0 Å². The fraction of sp³-hybridized carbons (Fsp3) is 0.357. The molecule has 1 saturated heterocycles. The molecule has 2 unspecified atom stereocenters. The predicted molar refractivity (Wildman–Crippen MR) is 145 cm³/mol. The van der Waals surface area contributed by atoms with Crippen molar-refractivity contribution in [3.8, 4) is 11.3 Å². The molecule has 4 aromatic rings. The number of nitrogens with zero attached hydrogens (tertiary/aromatic N) is 6. The number of carbonyl (C=O) groups is 1. The monoisotopic (exact) mass is 535 g/mol. The molecule has 9 nitrogen and oxygen atoms in total. The van der Waals surface area contributed by atoms with Crippen molar-refractivity contribution in [2.45, 2.75) is 58.2 Å². The molecule has 3 aromatic heterocycles. The molecule has 39 heavy (non-hydrogen) atoms. The van der Waals surface area contributed by atoms with Crippen molar-refractivity contribution < 1.29 is 18.7 Å². The lowest BCUT2D eigenvalue weighted by molar-refractivity contribution is 0.0622. The molecule has 5 rings (SSSR count). The van der Waals surface area contributed by atoms with E-state index in [1.54, 1.807) is 30.7 Å². The summed E-state index contributed by atoms with van der Waals surface area (Å²) in [5.74, 6) is -1.06. The second-order valence-corrected chi connectivity index (χ2v) is 10.8. The van der Waals surface area contributed by atoms with Gasteiger partial charge in [0.25, 0.3) is 0 Å². The first-order valence-electron chi connectivity index (χ1n) is 12.8. The van der Waals surface area contributed by atoms with Gasteiger partial charge < -0.3 is 15.3 Å². The van der Waals surface area contributed by atoms with Crippen LogP contribution in [0.4, 0.5) is 30.9 Å². The number of aromatic nitrogens is 4. The zero-order chi connectivity index (χ0) is 27.9. The van der Waals surface area contributed by atoms with Crippen LogP contribution in [0.5, 0.6) is 0 Å². The zero-order valence-corrected chi connectivity index (χ0v) is 22.3. The van der Waals surface area contributed by atoms with E-state index >= 15 is 0 Å². The van der Waals surface area contributed by atoms with Crippen molar-refractivity contribution in [3.05, 3.63) is 66.6 Å². The number of hydrogen-bond acceptors (Lipinski definition) is 6. The van der Waals surface area contributed by atoms with Gasteiger partial charge in [0.2, 0.25) is 5.95 Å². The summed E-state index contributed by atoms with van der Waals surface area (Å²) < 4.78 is 30.4. The van der Waals surface area contributed by atoms with Crippen molar-refractivity contribution in [1.82, 2.24) is 24.5 Å². The highest BCUT2D eigenvalue weighted by atomic mass is 19.1. The van der Waals surface area contributed by atoms with Gasteiger partial charge in [0, 0.05) is 24.3 Å². The number of imidazole rings is 1. The Morgan fingerprint density at radius 3 is 2.54 bits per heavy atom.